The van der Waals surface area contributed by atoms with Gasteiger partial charge in [-0.25, -0.2) is 4.79 Å². The molecule has 1 saturated heterocycles. The Labute approximate surface area is 119 Å². The Kier molecular flexibility index (Phi) is 4.86. The second kappa shape index (κ2) is 6.43. The molecule has 4 unspecified atom stereocenters. The molecule has 6 nitrogen and oxygen atoms in total. The van der Waals surface area contributed by atoms with Crippen molar-refractivity contribution in [2.75, 3.05) is 13.1 Å². The molecule has 0 spiro atoms. The molecule has 3 N–H and O–H groups in total. The van der Waals surface area contributed by atoms with Gasteiger partial charge in [0, 0.05) is 19.1 Å². The third kappa shape index (κ3) is 3.62. The largest absolute Gasteiger partial charge is 0.481 e. The molecule has 0 aromatic rings. The number of carboxylic acid groups (broad SMARTS) is 1. The van der Waals surface area contributed by atoms with Crippen LogP contribution in [0.2, 0.25) is 0 Å². The maximum absolute atomic E-state index is 12.2. The molecule has 6 heteroatoms. The fraction of sp³-hybridized carbons (Fsp3) is 0.857. The molecule has 1 aliphatic carbocycles. The summed E-state index contributed by atoms with van der Waals surface area (Å²) < 4.78 is 0. The van der Waals surface area contributed by atoms with Crippen molar-refractivity contribution in [1.29, 1.82) is 0 Å². The number of rotatable bonds is 2. The Morgan fingerprint density at radius 1 is 1.25 bits per heavy atom. The van der Waals surface area contributed by atoms with E-state index in [9.17, 15) is 14.7 Å². The van der Waals surface area contributed by atoms with Crippen molar-refractivity contribution in [3.05, 3.63) is 0 Å². The van der Waals surface area contributed by atoms with Crippen LogP contribution in [0.3, 0.4) is 0 Å². The normalized spacial score (nSPS) is 34.6. The summed E-state index contributed by atoms with van der Waals surface area (Å²) in [6.45, 7) is 3.06. The highest BCUT2D eigenvalue weighted by atomic mass is 16.4. The van der Waals surface area contributed by atoms with Gasteiger partial charge in [-0.15, -0.1) is 0 Å². The van der Waals surface area contributed by atoms with Gasteiger partial charge in [0.05, 0.1) is 12.0 Å². The minimum absolute atomic E-state index is 0.0421. The van der Waals surface area contributed by atoms with E-state index in [2.05, 4.69) is 5.32 Å². The van der Waals surface area contributed by atoms with Gasteiger partial charge in [0.2, 0.25) is 0 Å². The molecule has 2 fully saturated rings. The molecular weight excluding hydrogens is 260 g/mol. The smallest absolute Gasteiger partial charge is 0.317 e. The first-order valence-corrected chi connectivity index (χ1v) is 7.43. The summed E-state index contributed by atoms with van der Waals surface area (Å²) in [5.41, 5.74) is 0. The number of likely N-dealkylation sites (tertiary alicyclic amines) is 1. The Bertz CT molecular complexity index is 374. The standard InChI is InChI=1S/C14H24N2O4/c1-9-8-16(6-5-12(9)17)14(20)15-11-4-2-3-10(7-11)13(18)19/h9-12,17H,2-8H2,1H3,(H,15,20)(H,18,19). The molecule has 1 heterocycles. The van der Waals surface area contributed by atoms with Crippen LogP contribution in [-0.4, -0.2) is 52.3 Å². The van der Waals surface area contributed by atoms with E-state index >= 15 is 0 Å². The van der Waals surface area contributed by atoms with Crippen molar-refractivity contribution in [2.24, 2.45) is 11.8 Å². The van der Waals surface area contributed by atoms with Crippen LogP contribution < -0.4 is 5.32 Å². The minimum Gasteiger partial charge on any atom is -0.481 e. The van der Waals surface area contributed by atoms with Crippen LogP contribution in [0.25, 0.3) is 0 Å². The number of amides is 2. The van der Waals surface area contributed by atoms with Gasteiger partial charge in [0.25, 0.3) is 0 Å². The molecule has 2 aliphatic rings. The third-order valence-corrected chi connectivity index (χ3v) is 4.50. The molecule has 4 atom stereocenters. The lowest BCUT2D eigenvalue weighted by Crippen LogP contribution is -2.52. The number of nitrogens with one attached hydrogen (secondary N) is 1. The number of carbonyl (C=O) groups is 2. The summed E-state index contributed by atoms with van der Waals surface area (Å²) >= 11 is 0. The van der Waals surface area contributed by atoms with E-state index in [1.54, 1.807) is 4.90 Å². The van der Waals surface area contributed by atoms with E-state index in [0.29, 0.717) is 32.4 Å². The van der Waals surface area contributed by atoms with Crippen LogP contribution >= 0.6 is 0 Å². The fourth-order valence-corrected chi connectivity index (χ4v) is 3.13. The highest BCUT2D eigenvalue weighted by molar-refractivity contribution is 5.75. The average molecular weight is 284 g/mol. The van der Waals surface area contributed by atoms with Gasteiger partial charge in [-0.1, -0.05) is 13.3 Å². The summed E-state index contributed by atoms with van der Waals surface area (Å²) in [5, 5.41) is 21.7. The number of hydrogen-bond donors (Lipinski definition) is 3. The van der Waals surface area contributed by atoms with Gasteiger partial charge in [0.1, 0.15) is 0 Å². The first-order valence-electron chi connectivity index (χ1n) is 7.43. The Morgan fingerprint density at radius 2 is 2.00 bits per heavy atom. The second-order valence-electron chi connectivity index (χ2n) is 6.13. The Morgan fingerprint density at radius 3 is 2.65 bits per heavy atom. The zero-order chi connectivity index (χ0) is 14.7. The number of hydrogen-bond acceptors (Lipinski definition) is 3. The van der Waals surface area contributed by atoms with Crippen LogP contribution in [0.4, 0.5) is 4.79 Å². The Hall–Kier alpha value is -1.30. The monoisotopic (exact) mass is 284 g/mol. The number of aliphatic hydroxyl groups is 1. The molecule has 2 rings (SSSR count). The molecule has 0 radical (unpaired) electrons. The van der Waals surface area contributed by atoms with E-state index in [-0.39, 0.29) is 30.0 Å². The molecule has 114 valence electrons. The first kappa shape index (κ1) is 15.1. The van der Waals surface area contributed by atoms with Crippen LogP contribution in [0, 0.1) is 11.8 Å². The van der Waals surface area contributed by atoms with E-state index in [4.69, 9.17) is 5.11 Å². The molecule has 1 aliphatic heterocycles. The SMILES string of the molecule is CC1CN(C(=O)NC2CCCC(C(=O)O)C2)CCC1O. The lowest BCUT2D eigenvalue weighted by Gasteiger charge is -2.36. The molecule has 0 bridgehead atoms. The highest BCUT2D eigenvalue weighted by Gasteiger charge is 2.31. The van der Waals surface area contributed by atoms with Crippen LogP contribution in [0.15, 0.2) is 0 Å². The van der Waals surface area contributed by atoms with E-state index in [1.807, 2.05) is 6.92 Å². The molecule has 0 aromatic heterocycles. The lowest BCUT2D eigenvalue weighted by atomic mass is 9.86. The topological polar surface area (TPSA) is 89.9 Å². The summed E-state index contributed by atoms with van der Waals surface area (Å²) in [6, 6.07) is -0.167. The van der Waals surface area contributed by atoms with Gasteiger partial charge < -0.3 is 20.4 Å². The zero-order valence-electron chi connectivity index (χ0n) is 11.9. The van der Waals surface area contributed by atoms with Crippen molar-refractivity contribution in [2.45, 2.75) is 51.2 Å². The summed E-state index contributed by atoms with van der Waals surface area (Å²) in [5.74, 6) is -1.01. The van der Waals surface area contributed by atoms with Gasteiger partial charge in [-0.3, -0.25) is 4.79 Å². The minimum atomic E-state index is -0.765. The number of urea groups is 1. The molecular formula is C14H24N2O4. The van der Waals surface area contributed by atoms with E-state index in [0.717, 1.165) is 12.8 Å². The summed E-state index contributed by atoms with van der Waals surface area (Å²) in [4.78, 5) is 24.9. The Balaban J connectivity index is 1.83. The molecule has 20 heavy (non-hydrogen) atoms. The van der Waals surface area contributed by atoms with Crippen LogP contribution in [0.1, 0.15) is 39.0 Å². The lowest BCUT2D eigenvalue weighted by molar-refractivity contribution is -0.143. The molecule has 0 aromatic carbocycles. The maximum atomic E-state index is 12.2. The van der Waals surface area contributed by atoms with Crippen LogP contribution in [0.5, 0.6) is 0 Å². The van der Waals surface area contributed by atoms with Crippen molar-refractivity contribution >= 4 is 12.0 Å². The van der Waals surface area contributed by atoms with Crippen molar-refractivity contribution in [3.63, 3.8) is 0 Å². The molecule has 1 saturated carbocycles. The van der Waals surface area contributed by atoms with E-state index < -0.39 is 5.97 Å². The average Bonchev–Trinajstić information content (AvgIpc) is 2.42. The number of piperidine rings is 1. The van der Waals surface area contributed by atoms with E-state index in [1.165, 1.54) is 0 Å². The van der Waals surface area contributed by atoms with Crippen molar-refractivity contribution in [1.82, 2.24) is 10.2 Å². The zero-order valence-corrected chi connectivity index (χ0v) is 11.9. The predicted octanol–water partition coefficient (Wildman–Crippen LogP) is 1.04. The maximum Gasteiger partial charge on any atom is 0.317 e. The van der Waals surface area contributed by atoms with Crippen molar-refractivity contribution in [3.8, 4) is 0 Å². The summed E-state index contributed by atoms with van der Waals surface area (Å²) in [7, 11) is 0. The number of aliphatic carboxylic acids is 1. The molecule has 2 amide bonds. The fourth-order valence-electron chi connectivity index (χ4n) is 3.13. The summed E-state index contributed by atoms with van der Waals surface area (Å²) in [6.07, 6.45) is 3.20. The quantitative estimate of drug-likeness (QED) is 0.707. The van der Waals surface area contributed by atoms with Gasteiger partial charge in [0.15, 0.2) is 0 Å². The second-order valence-corrected chi connectivity index (χ2v) is 6.13. The number of carbonyl (C=O) groups excluding carboxylic acids is 1. The number of aliphatic hydroxyl groups excluding tert-OH is 1. The van der Waals surface area contributed by atoms with Crippen molar-refractivity contribution < 1.29 is 19.8 Å². The third-order valence-electron chi connectivity index (χ3n) is 4.50. The predicted molar refractivity (Wildman–Crippen MR) is 73.3 cm³/mol. The van der Waals surface area contributed by atoms with Crippen LogP contribution in [-0.2, 0) is 4.79 Å². The van der Waals surface area contributed by atoms with Gasteiger partial charge in [-0.05, 0) is 31.6 Å². The van der Waals surface area contributed by atoms with Gasteiger partial charge in [-0.2, -0.15) is 0 Å². The first-order chi connectivity index (χ1) is 9.47. The highest BCUT2D eigenvalue weighted by Crippen LogP contribution is 2.25. The van der Waals surface area contributed by atoms with Gasteiger partial charge >= 0.3 is 12.0 Å². The number of carboxylic acids is 1. The number of nitrogens with zero attached hydrogens (tertiary/aromatic N) is 1.